The first-order valence-electron chi connectivity index (χ1n) is 6.96. The number of nitrogens with zero attached hydrogens (tertiary/aromatic N) is 2. The van der Waals surface area contributed by atoms with E-state index >= 15 is 0 Å². The summed E-state index contributed by atoms with van der Waals surface area (Å²) in [4.78, 5) is 8.38. The average molecular weight is 269 g/mol. The molecule has 3 rings (SSSR count). The van der Waals surface area contributed by atoms with E-state index in [1.54, 1.807) is 0 Å². The highest BCUT2D eigenvalue weighted by molar-refractivity contribution is 5.52. The summed E-state index contributed by atoms with van der Waals surface area (Å²) < 4.78 is 0. The first-order chi connectivity index (χ1) is 9.76. The lowest BCUT2D eigenvalue weighted by molar-refractivity contribution is 1.02. The van der Waals surface area contributed by atoms with Gasteiger partial charge in [0.05, 0.1) is 0 Å². The number of rotatable bonds is 5. The van der Waals surface area contributed by atoms with Crippen LogP contribution in [0, 0.1) is 0 Å². The number of benzene rings is 1. The predicted octanol–water partition coefficient (Wildman–Crippen LogP) is 2.46. The minimum atomic E-state index is 0.294. The summed E-state index contributed by atoms with van der Waals surface area (Å²) in [6.45, 7) is 2.84. The highest BCUT2D eigenvalue weighted by atomic mass is 15.1. The predicted molar refractivity (Wildman–Crippen MR) is 81.8 cm³/mol. The van der Waals surface area contributed by atoms with Crippen molar-refractivity contribution in [3.8, 4) is 0 Å². The third-order valence-corrected chi connectivity index (χ3v) is 3.45. The van der Waals surface area contributed by atoms with Crippen molar-refractivity contribution in [1.29, 1.82) is 0 Å². The highest BCUT2D eigenvalue weighted by Gasteiger charge is 2.38. The fourth-order valence-corrected chi connectivity index (χ4v) is 2.42. The molecule has 1 aliphatic carbocycles. The summed E-state index contributed by atoms with van der Waals surface area (Å²) in [6, 6.07) is 12.9. The Morgan fingerprint density at radius 1 is 1.20 bits per heavy atom. The zero-order valence-corrected chi connectivity index (χ0v) is 11.5. The van der Waals surface area contributed by atoms with E-state index in [1.807, 2.05) is 19.1 Å². The topological polar surface area (TPSA) is 75.9 Å². The molecule has 5 nitrogen and oxygen atoms in total. The van der Waals surface area contributed by atoms with Gasteiger partial charge in [0, 0.05) is 24.6 Å². The zero-order chi connectivity index (χ0) is 13.9. The van der Waals surface area contributed by atoms with Crippen molar-refractivity contribution in [1.82, 2.24) is 9.97 Å². The molecule has 2 atom stereocenters. The second-order valence-electron chi connectivity index (χ2n) is 5.03. The molecular formula is C15H19N5. The molecule has 0 amide bonds. The molecule has 0 saturated heterocycles. The monoisotopic (exact) mass is 269 g/mol. The quantitative estimate of drug-likeness (QED) is 0.777. The van der Waals surface area contributed by atoms with Gasteiger partial charge in [0.1, 0.15) is 11.6 Å². The Labute approximate surface area is 118 Å². The van der Waals surface area contributed by atoms with E-state index in [4.69, 9.17) is 5.73 Å². The van der Waals surface area contributed by atoms with Crippen LogP contribution in [0.5, 0.6) is 0 Å². The second kappa shape index (κ2) is 5.36. The maximum Gasteiger partial charge on any atom is 0.223 e. The fourth-order valence-electron chi connectivity index (χ4n) is 2.42. The van der Waals surface area contributed by atoms with Crippen LogP contribution in [-0.4, -0.2) is 22.6 Å². The number of anilines is 3. The Morgan fingerprint density at radius 3 is 2.70 bits per heavy atom. The molecule has 0 spiro atoms. The lowest BCUT2D eigenvalue weighted by atomic mass is 10.1. The number of nitrogen functional groups attached to an aromatic ring is 1. The van der Waals surface area contributed by atoms with Crippen LogP contribution in [0.3, 0.4) is 0 Å². The summed E-state index contributed by atoms with van der Waals surface area (Å²) in [5, 5.41) is 6.59. The van der Waals surface area contributed by atoms with Gasteiger partial charge in [0.25, 0.3) is 0 Å². The molecule has 1 aliphatic rings. The van der Waals surface area contributed by atoms with Gasteiger partial charge in [-0.2, -0.15) is 9.97 Å². The molecular weight excluding hydrogens is 250 g/mol. The fraction of sp³-hybridized carbons (Fsp3) is 0.333. The van der Waals surface area contributed by atoms with Crippen LogP contribution in [0.4, 0.5) is 17.6 Å². The van der Waals surface area contributed by atoms with E-state index in [0.717, 1.165) is 24.6 Å². The molecule has 20 heavy (non-hydrogen) atoms. The Balaban J connectivity index is 1.68. The molecule has 1 fully saturated rings. The summed E-state index contributed by atoms with van der Waals surface area (Å²) in [6.07, 6.45) is 1.13. The van der Waals surface area contributed by atoms with E-state index in [9.17, 15) is 0 Å². The van der Waals surface area contributed by atoms with Crippen molar-refractivity contribution in [2.24, 2.45) is 0 Å². The van der Waals surface area contributed by atoms with Gasteiger partial charge in [0.15, 0.2) is 0 Å². The Bertz CT molecular complexity index is 584. The van der Waals surface area contributed by atoms with Crippen molar-refractivity contribution in [2.45, 2.75) is 25.3 Å². The first-order valence-corrected chi connectivity index (χ1v) is 6.96. The number of hydrogen-bond donors (Lipinski definition) is 3. The average Bonchev–Trinajstić information content (AvgIpc) is 3.19. The summed E-state index contributed by atoms with van der Waals surface area (Å²) in [7, 11) is 0. The van der Waals surface area contributed by atoms with Gasteiger partial charge in [-0.3, -0.25) is 0 Å². The molecule has 0 aliphatic heterocycles. The van der Waals surface area contributed by atoms with Crippen LogP contribution in [0.15, 0.2) is 36.4 Å². The second-order valence-corrected chi connectivity index (χ2v) is 5.03. The first kappa shape index (κ1) is 12.7. The lowest BCUT2D eigenvalue weighted by Crippen LogP contribution is -2.10. The van der Waals surface area contributed by atoms with Crippen molar-refractivity contribution >= 4 is 17.6 Å². The van der Waals surface area contributed by atoms with Crippen LogP contribution in [0.2, 0.25) is 0 Å². The minimum Gasteiger partial charge on any atom is -0.370 e. The van der Waals surface area contributed by atoms with Crippen LogP contribution >= 0.6 is 0 Å². The van der Waals surface area contributed by atoms with Gasteiger partial charge in [0.2, 0.25) is 5.95 Å². The highest BCUT2D eigenvalue weighted by Crippen LogP contribution is 2.42. The standard InChI is InChI=1S/C15H19N5/c1-2-17-13-9-14(20-15(16)19-13)18-12-8-11(12)10-6-4-3-5-7-10/h3-7,9,11-12H,2,8H2,1H3,(H4,16,17,18,19,20). The van der Waals surface area contributed by atoms with Gasteiger partial charge in [-0.1, -0.05) is 30.3 Å². The van der Waals surface area contributed by atoms with Crippen molar-refractivity contribution in [3.63, 3.8) is 0 Å². The molecule has 1 aromatic heterocycles. The lowest BCUT2D eigenvalue weighted by Gasteiger charge is -2.09. The van der Waals surface area contributed by atoms with Crippen LogP contribution < -0.4 is 16.4 Å². The SMILES string of the molecule is CCNc1cc(NC2CC2c2ccccc2)nc(N)n1. The molecule has 0 radical (unpaired) electrons. The Hall–Kier alpha value is -2.30. The minimum absolute atomic E-state index is 0.294. The molecule has 2 unspecified atom stereocenters. The van der Waals surface area contributed by atoms with E-state index in [1.165, 1.54) is 5.56 Å². The molecule has 0 bridgehead atoms. The molecule has 1 saturated carbocycles. The molecule has 4 N–H and O–H groups in total. The number of aromatic nitrogens is 2. The Morgan fingerprint density at radius 2 is 1.95 bits per heavy atom. The largest absolute Gasteiger partial charge is 0.370 e. The Kier molecular flexibility index (Phi) is 3.41. The van der Waals surface area contributed by atoms with Crippen molar-refractivity contribution in [3.05, 3.63) is 42.0 Å². The normalized spacial score (nSPS) is 20.4. The molecule has 1 heterocycles. The van der Waals surface area contributed by atoms with E-state index in [2.05, 4.69) is 44.9 Å². The molecule has 104 valence electrons. The molecule has 5 heteroatoms. The van der Waals surface area contributed by atoms with E-state index in [-0.39, 0.29) is 0 Å². The van der Waals surface area contributed by atoms with Gasteiger partial charge in [-0.15, -0.1) is 0 Å². The maximum absolute atomic E-state index is 5.73. The smallest absolute Gasteiger partial charge is 0.223 e. The maximum atomic E-state index is 5.73. The summed E-state index contributed by atoms with van der Waals surface area (Å²) >= 11 is 0. The van der Waals surface area contributed by atoms with Gasteiger partial charge >= 0.3 is 0 Å². The molecule has 1 aromatic carbocycles. The zero-order valence-electron chi connectivity index (χ0n) is 11.5. The van der Waals surface area contributed by atoms with Crippen LogP contribution in [-0.2, 0) is 0 Å². The van der Waals surface area contributed by atoms with E-state index < -0.39 is 0 Å². The molecule has 2 aromatic rings. The third-order valence-electron chi connectivity index (χ3n) is 3.45. The van der Waals surface area contributed by atoms with E-state index in [0.29, 0.717) is 17.9 Å². The van der Waals surface area contributed by atoms with Crippen LogP contribution in [0.25, 0.3) is 0 Å². The van der Waals surface area contributed by atoms with Gasteiger partial charge < -0.3 is 16.4 Å². The van der Waals surface area contributed by atoms with Crippen molar-refractivity contribution < 1.29 is 0 Å². The van der Waals surface area contributed by atoms with Gasteiger partial charge in [-0.05, 0) is 18.9 Å². The third kappa shape index (κ3) is 2.82. The number of hydrogen-bond acceptors (Lipinski definition) is 5. The van der Waals surface area contributed by atoms with Crippen LogP contribution in [0.1, 0.15) is 24.8 Å². The number of nitrogens with one attached hydrogen (secondary N) is 2. The summed E-state index contributed by atoms with van der Waals surface area (Å²) in [5.41, 5.74) is 7.10. The van der Waals surface area contributed by atoms with Crippen molar-refractivity contribution in [2.75, 3.05) is 22.9 Å². The number of nitrogens with two attached hydrogens (primary N) is 1. The summed E-state index contributed by atoms with van der Waals surface area (Å²) in [5.74, 6) is 2.41. The van der Waals surface area contributed by atoms with Gasteiger partial charge in [-0.25, -0.2) is 0 Å².